The van der Waals surface area contributed by atoms with Gasteiger partial charge in [-0.1, -0.05) is 6.42 Å². The summed E-state index contributed by atoms with van der Waals surface area (Å²) in [5.41, 5.74) is 0. The summed E-state index contributed by atoms with van der Waals surface area (Å²) in [5.74, 6) is 0.654. The van der Waals surface area contributed by atoms with Gasteiger partial charge in [-0.2, -0.15) is 0 Å². The molecule has 2 fully saturated rings. The minimum absolute atomic E-state index is 0.241. The fraction of sp³-hybridized carbons (Fsp3) is 0.917. The third kappa shape index (κ3) is 3.54. The van der Waals surface area contributed by atoms with Crippen molar-refractivity contribution in [3.05, 3.63) is 0 Å². The number of morpholine rings is 1. The minimum atomic E-state index is 0.241. The Morgan fingerprint density at radius 3 is 2.94 bits per heavy atom. The van der Waals surface area contributed by atoms with Crippen molar-refractivity contribution in [2.24, 2.45) is 5.92 Å². The first-order valence-corrected chi connectivity index (χ1v) is 6.40. The summed E-state index contributed by atoms with van der Waals surface area (Å²) >= 11 is 0. The van der Waals surface area contributed by atoms with Crippen LogP contribution >= 0.6 is 0 Å². The van der Waals surface area contributed by atoms with Gasteiger partial charge >= 0.3 is 0 Å². The van der Waals surface area contributed by atoms with Crippen LogP contribution < -0.4 is 5.32 Å². The lowest BCUT2D eigenvalue weighted by Gasteiger charge is -2.27. The summed E-state index contributed by atoms with van der Waals surface area (Å²) in [4.78, 5) is 14.3. The average molecular weight is 226 g/mol. The Balaban J connectivity index is 1.76. The molecule has 2 aliphatic rings. The van der Waals surface area contributed by atoms with Gasteiger partial charge in [0.15, 0.2) is 5.78 Å². The lowest BCUT2D eigenvalue weighted by atomic mass is 9.98. The Kier molecular flexibility index (Phi) is 4.75. The van der Waals surface area contributed by atoms with E-state index in [1.54, 1.807) is 0 Å². The maximum Gasteiger partial charge on any atom is 0.151 e. The van der Waals surface area contributed by atoms with E-state index in [-0.39, 0.29) is 5.92 Å². The summed E-state index contributed by atoms with van der Waals surface area (Å²) in [6.07, 6.45) is 3.46. The Morgan fingerprint density at radius 2 is 2.12 bits per heavy atom. The number of ketones is 1. The van der Waals surface area contributed by atoms with Crippen LogP contribution in [0.1, 0.15) is 19.3 Å². The lowest BCUT2D eigenvalue weighted by Crippen LogP contribution is -2.42. The van der Waals surface area contributed by atoms with E-state index in [2.05, 4.69) is 10.2 Å². The first kappa shape index (κ1) is 12.0. The molecule has 1 atom stereocenters. The van der Waals surface area contributed by atoms with Crippen LogP contribution in [0.3, 0.4) is 0 Å². The molecular formula is C12H22N2O2. The maximum absolute atomic E-state index is 12.1. The molecule has 2 saturated heterocycles. The van der Waals surface area contributed by atoms with E-state index >= 15 is 0 Å². The fourth-order valence-corrected chi connectivity index (χ4v) is 2.40. The molecule has 2 aliphatic heterocycles. The largest absolute Gasteiger partial charge is 0.379 e. The van der Waals surface area contributed by atoms with Crippen molar-refractivity contribution < 1.29 is 9.53 Å². The summed E-state index contributed by atoms with van der Waals surface area (Å²) in [7, 11) is 0. The zero-order valence-electron chi connectivity index (χ0n) is 9.91. The SMILES string of the molecule is O=C(CN1CCOCC1)C1CCCCNC1. The molecule has 1 unspecified atom stereocenters. The molecule has 0 aromatic carbocycles. The Hall–Kier alpha value is -0.450. The molecule has 0 saturated carbocycles. The van der Waals surface area contributed by atoms with Crippen molar-refractivity contribution in [3.63, 3.8) is 0 Å². The van der Waals surface area contributed by atoms with Crippen LogP contribution in [0.25, 0.3) is 0 Å². The van der Waals surface area contributed by atoms with Gasteiger partial charge in [-0.15, -0.1) is 0 Å². The second-order valence-electron chi connectivity index (χ2n) is 4.75. The standard InChI is InChI=1S/C12H22N2O2/c15-12(10-14-5-7-16-8-6-14)11-3-1-2-4-13-9-11/h11,13H,1-10H2. The van der Waals surface area contributed by atoms with Gasteiger partial charge in [0.05, 0.1) is 19.8 Å². The molecule has 4 heteroatoms. The highest BCUT2D eigenvalue weighted by atomic mass is 16.5. The number of carbonyl (C=O) groups is 1. The molecule has 0 aromatic rings. The number of carbonyl (C=O) groups excluding carboxylic acids is 1. The molecule has 0 bridgehead atoms. The monoisotopic (exact) mass is 226 g/mol. The maximum atomic E-state index is 12.1. The van der Waals surface area contributed by atoms with E-state index in [0.717, 1.165) is 45.8 Å². The molecule has 92 valence electrons. The van der Waals surface area contributed by atoms with E-state index in [0.29, 0.717) is 12.3 Å². The predicted octanol–water partition coefficient (Wildman–Crippen LogP) is 0.277. The van der Waals surface area contributed by atoms with Crippen LogP contribution in [0, 0.1) is 5.92 Å². The Morgan fingerprint density at radius 1 is 1.31 bits per heavy atom. The van der Waals surface area contributed by atoms with Gasteiger partial charge in [-0.3, -0.25) is 9.69 Å². The molecule has 0 amide bonds. The molecule has 16 heavy (non-hydrogen) atoms. The van der Waals surface area contributed by atoms with Crippen LogP contribution in [0.4, 0.5) is 0 Å². The van der Waals surface area contributed by atoms with E-state index in [1.165, 1.54) is 12.8 Å². The summed E-state index contributed by atoms with van der Waals surface area (Å²) < 4.78 is 5.28. The van der Waals surface area contributed by atoms with E-state index in [4.69, 9.17) is 4.74 Å². The van der Waals surface area contributed by atoms with E-state index < -0.39 is 0 Å². The number of nitrogens with zero attached hydrogens (tertiary/aromatic N) is 1. The molecule has 2 rings (SSSR count). The van der Waals surface area contributed by atoms with Gasteiger partial charge in [0.1, 0.15) is 0 Å². The van der Waals surface area contributed by atoms with Crippen LogP contribution in [0.5, 0.6) is 0 Å². The first-order valence-electron chi connectivity index (χ1n) is 6.40. The van der Waals surface area contributed by atoms with Crippen LogP contribution in [-0.2, 0) is 9.53 Å². The zero-order chi connectivity index (χ0) is 11.2. The topological polar surface area (TPSA) is 41.6 Å². The van der Waals surface area contributed by atoms with Gasteiger partial charge in [0.2, 0.25) is 0 Å². The molecule has 1 N–H and O–H groups in total. The van der Waals surface area contributed by atoms with Crippen molar-refractivity contribution in [2.75, 3.05) is 45.9 Å². The third-order valence-corrected chi connectivity index (χ3v) is 3.49. The molecule has 4 nitrogen and oxygen atoms in total. The molecule has 0 spiro atoms. The number of ether oxygens (including phenoxy) is 1. The van der Waals surface area contributed by atoms with Crippen molar-refractivity contribution in [2.45, 2.75) is 19.3 Å². The van der Waals surface area contributed by atoms with Crippen molar-refractivity contribution in [1.29, 1.82) is 0 Å². The quantitative estimate of drug-likeness (QED) is 0.750. The predicted molar refractivity (Wildman–Crippen MR) is 62.5 cm³/mol. The highest BCUT2D eigenvalue weighted by Crippen LogP contribution is 2.13. The molecule has 0 radical (unpaired) electrons. The van der Waals surface area contributed by atoms with E-state index in [9.17, 15) is 4.79 Å². The van der Waals surface area contributed by atoms with Crippen LogP contribution in [0.2, 0.25) is 0 Å². The van der Waals surface area contributed by atoms with Crippen molar-refractivity contribution in [3.8, 4) is 0 Å². The number of hydrogen-bond acceptors (Lipinski definition) is 4. The van der Waals surface area contributed by atoms with Gasteiger partial charge < -0.3 is 10.1 Å². The summed E-state index contributed by atoms with van der Waals surface area (Å²) in [5, 5.41) is 3.35. The van der Waals surface area contributed by atoms with Crippen molar-refractivity contribution >= 4 is 5.78 Å². The van der Waals surface area contributed by atoms with Gasteiger partial charge in [-0.05, 0) is 19.4 Å². The zero-order valence-corrected chi connectivity index (χ0v) is 9.91. The van der Waals surface area contributed by atoms with Crippen LogP contribution in [-0.4, -0.2) is 56.6 Å². The highest BCUT2D eigenvalue weighted by molar-refractivity contribution is 5.83. The Bertz CT molecular complexity index is 219. The molecule has 0 aliphatic carbocycles. The summed E-state index contributed by atoms with van der Waals surface area (Å²) in [6.45, 7) is 5.93. The van der Waals surface area contributed by atoms with Gasteiger partial charge in [-0.25, -0.2) is 0 Å². The number of rotatable bonds is 3. The lowest BCUT2D eigenvalue weighted by molar-refractivity contribution is -0.125. The van der Waals surface area contributed by atoms with E-state index in [1.807, 2.05) is 0 Å². The first-order chi connectivity index (χ1) is 7.86. The van der Waals surface area contributed by atoms with Gasteiger partial charge in [0.25, 0.3) is 0 Å². The number of hydrogen-bond donors (Lipinski definition) is 1. The number of Topliss-reactive ketones (excluding diaryl/α,β-unsaturated/α-hetero) is 1. The fourth-order valence-electron chi connectivity index (χ4n) is 2.40. The number of nitrogens with one attached hydrogen (secondary N) is 1. The highest BCUT2D eigenvalue weighted by Gasteiger charge is 2.22. The smallest absolute Gasteiger partial charge is 0.151 e. The molecule has 2 heterocycles. The van der Waals surface area contributed by atoms with Crippen LogP contribution in [0.15, 0.2) is 0 Å². The second-order valence-corrected chi connectivity index (χ2v) is 4.75. The summed E-state index contributed by atoms with van der Waals surface area (Å²) in [6, 6.07) is 0. The van der Waals surface area contributed by atoms with Crippen molar-refractivity contribution in [1.82, 2.24) is 10.2 Å². The van der Waals surface area contributed by atoms with Gasteiger partial charge in [0, 0.05) is 25.6 Å². The Labute approximate surface area is 97.3 Å². The molecular weight excluding hydrogens is 204 g/mol. The molecule has 0 aromatic heterocycles. The average Bonchev–Trinajstić information content (AvgIpc) is 2.59. The second kappa shape index (κ2) is 6.33. The third-order valence-electron chi connectivity index (χ3n) is 3.49. The minimum Gasteiger partial charge on any atom is -0.379 e. The normalized spacial score (nSPS) is 28.6.